The monoisotopic (exact) mass is 337 g/mol. The highest BCUT2D eigenvalue weighted by Gasteiger charge is 2.30. The number of carbonyl (C=O) groups is 2. The van der Waals surface area contributed by atoms with Crippen molar-refractivity contribution in [2.75, 3.05) is 26.2 Å². The van der Waals surface area contributed by atoms with E-state index < -0.39 is 11.9 Å². The number of nitrogens with one attached hydrogen (secondary N) is 1. The highest BCUT2D eigenvalue weighted by atomic mass is 16.2. The molecule has 1 saturated heterocycles. The summed E-state index contributed by atoms with van der Waals surface area (Å²) in [7, 11) is 0. The summed E-state index contributed by atoms with van der Waals surface area (Å²) in [5, 5.41) is 11.3. The van der Waals surface area contributed by atoms with E-state index in [0.717, 1.165) is 19.5 Å². The predicted molar refractivity (Wildman–Crippen MR) is 88.7 cm³/mol. The number of piperazine rings is 1. The first-order valence-corrected chi connectivity index (χ1v) is 8.39. The molecular weight excluding hydrogens is 310 g/mol. The minimum absolute atomic E-state index is 0.107. The van der Waals surface area contributed by atoms with Crippen LogP contribution in [0.1, 0.15) is 44.5 Å². The van der Waals surface area contributed by atoms with E-state index in [1.165, 1.54) is 4.68 Å². The van der Waals surface area contributed by atoms with Crippen LogP contribution in [-0.4, -0.2) is 57.9 Å². The lowest BCUT2D eigenvalue weighted by Gasteiger charge is -2.30. The van der Waals surface area contributed by atoms with Crippen LogP contribution in [0.3, 0.4) is 0 Å². The van der Waals surface area contributed by atoms with Gasteiger partial charge in [0.1, 0.15) is 6.04 Å². The molecule has 9 heteroatoms. The van der Waals surface area contributed by atoms with Crippen molar-refractivity contribution in [2.24, 2.45) is 17.4 Å². The maximum absolute atomic E-state index is 12.8. The van der Waals surface area contributed by atoms with Gasteiger partial charge in [-0.15, -0.1) is 5.10 Å². The molecule has 2 amide bonds. The van der Waals surface area contributed by atoms with Gasteiger partial charge in [0.15, 0.2) is 0 Å². The molecular formula is C15H27N7O2. The van der Waals surface area contributed by atoms with E-state index in [0.29, 0.717) is 18.8 Å². The van der Waals surface area contributed by atoms with E-state index in [1.807, 2.05) is 6.92 Å². The summed E-state index contributed by atoms with van der Waals surface area (Å²) in [6.07, 6.45) is 2.47. The molecule has 0 bridgehead atoms. The first-order chi connectivity index (χ1) is 11.4. The second kappa shape index (κ2) is 8.20. The Morgan fingerprint density at radius 2 is 2.04 bits per heavy atom. The van der Waals surface area contributed by atoms with Crippen molar-refractivity contribution in [3.63, 3.8) is 0 Å². The third-order valence-corrected chi connectivity index (χ3v) is 4.55. The average molecular weight is 337 g/mol. The maximum atomic E-state index is 12.8. The summed E-state index contributed by atoms with van der Waals surface area (Å²) in [4.78, 5) is 25.9. The number of amides is 2. The fourth-order valence-corrected chi connectivity index (χ4v) is 2.72. The molecule has 0 radical (unpaired) electrons. The number of carbonyl (C=O) groups excluding carboxylic acids is 2. The van der Waals surface area contributed by atoms with Gasteiger partial charge in [0.05, 0.1) is 24.4 Å². The predicted octanol–water partition coefficient (Wildman–Crippen LogP) is -0.828. The second-order valence-corrected chi connectivity index (χ2v) is 6.30. The largest absolute Gasteiger partial charge is 0.370 e. The van der Waals surface area contributed by atoms with Crippen molar-refractivity contribution in [1.82, 2.24) is 25.2 Å². The Morgan fingerprint density at radius 1 is 1.38 bits per heavy atom. The van der Waals surface area contributed by atoms with Crippen LogP contribution in [-0.2, 0) is 9.59 Å². The number of nitrogens with zero attached hydrogens (tertiary/aromatic N) is 4. The Labute approximate surface area is 141 Å². The van der Waals surface area contributed by atoms with E-state index in [1.54, 1.807) is 11.1 Å². The van der Waals surface area contributed by atoms with Gasteiger partial charge in [-0.25, -0.2) is 4.68 Å². The van der Waals surface area contributed by atoms with Gasteiger partial charge >= 0.3 is 0 Å². The quantitative estimate of drug-likeness (QED) is 0.595. The van der Waals surface area contributed by atoms with Crippen LogP contribution in [0.5, 0.6) is 0 Å². The van der Waals surface area contributed by atoms with Crippen LogP contribution in [0, 0.1) is 5.92 Å². The van der Waals surface area contributed by atoms with Gasteiger partial charge in [-0.05, 0) is 5.92 Å². The first-order valence-electron chi connectivity index (χ1n) is 8.39. The van der Waals surface area contributed by atoms with Crippen LogP contribution in [0.25, 0.3) is 0 Å². The fraction of sp³-hybridized carbons (Fsp3) is 0.733. The molecule has 3 atom stereocenters. The van der Waals surface area contributed by atoms with Gasteiger partial charge in [0, 0.05) is 26.2 Å². The van der Waals surface area contributed by atoms with Gasteiger partial charge < -0.3 is 21.7 Å². The zero-order chi connectivity index (χ0) is 17.7. The van der Waals surface area contributed by atoms with Gasteiger partial charge in [0.2, 0.25) is 11.8 Å². The summed E-state index contributed by atoms with van der Waals surface area (Å²) >= 11 is 0. The number of nitrogens with two attached hydrogens (primary N) is 2. The number of hydrogen-bond acceptors (Lipinski definition) is 6. The van der Waals surface area contributed by atoms with E-state index in [4.69, 9.17) is 11.5 Å². The Morgan fingerprint density at radius 3 is 2.62 bits per heavy atom. The van der Waals surface area contributed by atoms with Gasteiger partial charge in [-0.2, -0.15) is 0 Å². The number of primary amides is 1. The molecule has 0 aliphatic carbocycles. The standard InChI is InChI=1S/C15H27N7O2/c1-3-10(2)14(17)11-9-22(20-19-11)12(8-13(16)23)15(24)21-6-4-18-5-7-21/h9-10,12,14,18H,3-8,17H2,1-2H3,(H2,16,23)/t10-,12-,14-/m0/s1. The molecule has 1 aliphatic heterocycles. The lowest BCUT2D eigenvalue weighted by atomic mass is 9.98. The number of hydrogen-bond donors (Lipinski definition) is 3. The van der Waals surface area contributed by atoms with Gasteiger partial charge in [-0.3, -0.25) is 9.59 Å². The summed E-state index contributed by atoms with van der Waals surface area (Å²) < 4.78 is 1.42. The second-order valence-electron chi connectivity index (χ2n) is 6.30. The molecule has 5 N–H and O–H groups in total. The Bertz CT molecular complexity index is 568. The first kappa shape index (κ1) is 18.3. The van der Waals surface area contributed by atoms with Crippen molar-refractivity contribution < 1.29 is 9.59 Å². The van der Waals surface area contributed by atoms with Crippen LogP contribution in [0.2, 0.25) is 0 Å². The van der Waals surface area contributed by atoms with Crippen LogP contribution < -0.4 is 16.8 Å². The number of rotatable bonds is 7. The Hall–Kier alpha value is -2.00. The molecule has 0 spiro atoms. The molecule has 0 saturated carbocycles. The summed E-state index contributed by atoms with van der Waals surface area (Å²) in [5.41, 5.74) is 12.1. The van der Waals surface area contributed by atoms with Gasteiger partial charge in [-0.1, -0.05) is 25.5 Å². The van der Waals surface area contributed by atoms with Crippen molar-refractivity contribution in [1.29, 1.82) is 0 Å². The minimum Gasteiger partial charge on any atom is -0.370 e. The summed E-state index contributed by atoms with van der Waals surface area (Å²) in [6.45, 7) is 6.76. The van der Waals surface area contributed by atoms with Crippen molar-refractivity contribution in [3.05, 3.63) is 11.9 Å². The normalized spacial score (nSPS) is 18.9. The topological polar surface area (TPSA) is 132 Å². The smallest absolute Gasteiger partial charge is 0.248 e. The van der Waals surface area contributed by atoms with E-state index in [-0.39, 0.29) is 24.3 Å². The van der Waals surface area contributed by atoms with Crippen LogP contribution >= 0.6 is 0 Å². The molecule has 2 heterocycles. The Kier molecular flexibility index (Phi) is 6.27. The third-order valence-electron chi connectivity index (χ3n) is 4.55. The zero-order valence-corrected chi connectivity index (χ0v) is 14.3. The molecule has 1 fully saturated rings. The van der Waals surface area contributed by atoms with Crippen LogP contribution in [0.15, 0.2) is 6.20 Å². The lowest BCUT2D eigenvalue weighted by molar-refractivity contribution is -0.138. The molecule has 0 unspecified atom stereocenters. The van der Waals surface area contributed by atoms with Crippen molar-refractivity contribution in [3.8, 4) is 0 Å². The number of aromatic nitrogens is 3. The maximum Gasteiger partial charge on any atom is 0.248 e. The van der Waals surface area contributed by atoms with E-state index >= 15 is 0 Å². The van der Waals surface area contributed by atoms with E-state index in [2.05, 4.69) is 22.6 Å². The minimum atomic E-state index is -0.772. The molecule has 1 aromatic heterocycles. The summed E-state index contributed by atoms with van der Waals surface area (Å²) in [5.74, 6) is -0.468. The van der Waals surface area contributed by atoms with Crippen molar-refractivity contribution >= 4 is 11.8 Å². The lowest BCUT2D eigenvalue weighted by Crippen LogP contribution is -2.49. The highest BCUT2D eigenvalue weighted by molar-refractivity contribution is 5.86. The molecule has 24 heavy (non-hydrogen) atoms. The molecule has 2 rings (SSSR count). The highest BCUT2D eigenvalue weighted by Crippen LogP contribution is 2.22. The molecule has 9 nitrogen and oxygen atoms in total. The Balaban J connectivity index is 2.19. The van der Waals surface area contributed by atoms with Crippen molar-refractivity contribution in [2.45, 2.75) is 38.8 Å². The average Bonchev–Trinajstić information content (AvgIpc) is 3.08. The SMILES string of the molecule is CC[C@H](C)[C@H](N)c1cn([C@@H](CC(N)=O)C(=O)N2CCNCC2)nn1. The molecule has 0 aromatic carbocycles. The van der Waals surface area contributed by atoms with E-state index in [9.17, 15) is 9.59 Å². The molecule has 1 aromatic rings. The fourth-order valence-electron chi connectivity index (χ4n) is 2.72. The van der Waals surface area contributed by atoms with Crippen LogP contribution in [0.4, 0.5) is 0 Å². The molecule has 134 valence electrons. The summed E-state index contributed by atoms with van der Waals surface area (Å²) in [6, 6.07) is -1.03. The third kappa shape index (κ3) is 4.30. The molecule has 1 aliphatic rings. The van der Waals surface area contributed by atoms with Gasteiger partial charge in [0.25, 0.3) is 0 Å². The zero-order valence-electron chi connectivity index (χ0n) is 14.3.